The highest BCUT2D eigenvalue weighted by atomic mass is 19.1. The molecule has 1 unspecified atom stereocenters. The molecular weight excluding hydrogens is 255 g/mol. The first-order chi connectivity index (χ1) is 9.74. The van der Waals surface area contributed by atoms with Crippen LogP contribution in [0.5, 0.6) is 0 Å². The molecule has 0 radical (unpaired) electrons. The Bertz CT molecular complexity index is 407. The zero-order valence-electron chi connectivity index (χ0n) is 12.4. The lowest BCUT2D eigenvalue weighted by Gasteiger charge is -2.37. The fraction of sp³-hybridized carbons (Fsp3) is 0.688. The Hall–Kier alpha value is -1.00. The van der Waals surface area contributed by atoms with Crippen molar-refractivity contribution in [1.29, 1.82) is 0 Å². The molecule has 0 aromatic carbocycles. The van der Waals surface area contributed by atoms with Gasteiger partial charge in [0.05, 0.1) is 12.3 Å². The Kier molecular flexibility index (Phi) is 5.92. The van der Waals surface area contributed by atoms with E-state index in [-0.39, 0.29) is 11.9 Å². The number of nitrogens with zero attached hydrogens (tertiary/aromatic N) is 1. The predicted molar refractivity (Wildman–Crippen MR) is 78.0 cm³/mol. The molecule has 1 aromatic rings. The monoisotopic (exact) mass is 280 g/mol. The van der Waals surface area contributed by atoms with Gasteiger partial charge in [0.1, 0.15) is 5.82 Å². The highest BCUT2D eigenvalue weighted by molar-refractivity contribution is 5.17. The lowest BCUT2D eigenvalue weighted by Crippen LogP contribution is -2.35. The summed E-state index contributed by atoms with van der Waals surface area (Å²) in [6, 6.07) is 1.88. The van der Waals surface area contributed by atoms with E-state index < -0.39 is 0 Å². The number of pyridine rings is 1. The van der Waals surface area contributed by atoms with Crippen LogP contribution in [0, 0.1) is 11.7 Å². The van der Waals surface area contributed by atoms with Crippen LogP contribution in [0.25, 0.3) is 0 Å². The maximum absolute atomic E-state index is 13.9. The molecular formula is C16H25FN2O. The molecule has 0 aliphatic heterocycles. The van der Waals surface area contributed by atoms with Gasteiger partial charge in [-0.1, -0.05) is 6.92 Å². The van der Waals surface area contributed by atoms with Gasteiger partial charge in [0.25, 0.3) is 0 Å². The van der Waals surface area contributed by atoms with Gasteiger partial charge in [0.15, 0.2) is 0 Å². The van der Waals surface area contributed by atoms with Gasteiger partial charge in [-0.05, 0) is 51.1 Å². The predicted octanol–water partition coefficient (Wildman–Crippen LogP) is 3.47. The van der Waals surface area contributed by atoms with Crippen molar-refractivity contribution in [2.75, 3.05) is 13.2 Å². The molecule has 2 rings (SSSR count). The molecule has 3 nitrogen and oxygen atoms in total. The topological polar surface area (TPSA) is 34.1 Å². The Balaban J connectivity index is 1.93. The minimum absolute atomic E-state index is 0.0885. The van der Waals surface area contributed by atoms with Crippen LogP contribution in [-0.2, 0) is 4.74 Å². The van der Waals surface area contributed by atoms with E-state index >= 15 is 0 Å². The maximum Gasteiger partial charge on any atom is 0.146 e. The molecule has 0 amide bonds. The third kappa shape index (κ3) is 4.00. The summed E-state index contributed by atoms with van der Waals surface area (Å²) >= 11 is 0. The summed E-state index contributed by atoms with van der Waals surface area (Å²) < 4.78 is 19.5. The smallest absolute Gasteiger partial charge is 0.146 e. The van der Waals surface area contributed by atoms with Gasteiger partial charge in [0.2, 0.25) is 0 Å². The first-order valence-electron chi connectivity index (χ1n) is 7.69. The zero-order chi connectivity index (χ0) is 14.4. The van der Waals surface area contributed by atoms with Crippen molar-refractivity contribution in [3.8, 4) is 0 Å². The van der Waals surface area contributed by atoms with Crippen LogP contribution < -0.4 is 5.32 Å². The standard InChI is InChI=1S/C16H25FN2O/c1-3-6-19-16(14-5-7-18-11-15(14)17)10-12-8-13(9-12)20-4-2/h5,7,11-13,16,19H,3-4,6,8-10H2,1-2H3. The SMILES string of the molecule is CCCNC(CC1CC(OCC)C1)c1ccncc1F. The third-order valence-electron chi connectivity index (χ3n) is 3.98. The van der Waals surface area contributed by atoms with Crippen molar-refractivity contribution in [2.24, 2.45) is 5.92 Å². The van der Waals surface area contributed by atoms with Gasteiger partial charge in [-0.2, -0.15) is 0 Å². The summed E-state index contributed by atoms with van der Waals surface area (Å²) in [6.45, 7) is 5.86. The lowest BCUT2D eigenvalue weighted by molar-refractivity contribution is -0.0292. The fourth-order valence-electron chi connectivity index (χ4n) is 2.88. The third-order valence-corrected chi connectivity index (χ3v) is 3.98. The second-order valence-electron chi connectivity index (χ2n) is 5.55. The molecule has 1 heterocycles. The summed E-state index contributed by atoms with van der Waals surface area (Å²) in [5.74, 6) is 0.426. The summed E-state index contributed by atoms with van der Waals surface area (Å²) in [6.07, 6.45) is 7.62. The average molecular weight is 280 g/mol. The number of ether oxygens (including phenoxy) is 1. The van der Waals surface area contributed by atoms with Crippen molar-refractivity contribution < 1.29 is 9.13 Å². The molecule has 1 fully saturated rings. The number of nitrogens with one attached hydrogen (secondary N) is 1. The minimum atomic E-state index is -0.207. The van der Waals surface area contributed by atoms with E-state index in [2.05, 4.69) is 17.2 Å². The Morgan fingerprint density at radius 2 is 2.25 bits per heavy atom. The molecule has 1 N–H and O–H groups in total. The van der Waals surface area contributed by atoms with E-state index in [1.165, 1.54) is 6.20 Å². The van der Waals surface area contributed by atoms with E-state index in [1.807, 2.05) is 6.92 Å². The van der Waals surface area contributed by atoms with Crippen molar-refractivity contribution in [2.45, 2.75) is 51.7 Å². The van der Waals surface area contributed by atoms with Gasteiger partial charge < -0.3 is 10.1 Å². The fourth-order valence-corrected chi connectivity index (χ4v) is 2.88. The molecule has 1 saturated carbocycles. The first-order valence-corrected chi connectivity index (χ1v) is 7.69. The summed E-state index contributed by atoms with van der Waals surface area (Å²) in [5, 5.41) is 3.46. The number of hydrogen-bond donors (Lipinski definition) is 1. The summed E-state index contributed by atoms with van der Waals surface area (Å²) in [4.78, 5) is 3.83. The largest absolute Gasteiger partial charge is 0.378 e. The Morgan fingerprint density at radius 1 is 1.45 bits per heavy atom. The van der Waals surface area contributed by atoms with Crippen molar-refractivity contribution in [1.82, 2.24) is 10.3 Å². The molecule has 1 aliphatic rings. The highest BCUT2D eigenvalue weighted by Gasteiger charge is 2.32. The summed E-state index contributed by atoms with van der Waals surface area (Å²) in [5.41, 5.74) is 0.744. The summed E-state index contributed by atoms with van der Waals surface area (Å²) in [7, 11) is 0. The van der Waals surface area contributed by atoms with Crippen LogP contribution in [0.3, 0.4) is 0 Å². The molecule has 0 saturated heterocycles. The van der Waals surface area contributed by atoms with E-state index in [0.717, 1.165) is 44.4 Å². The van der Waals surface area contributed by atoms with Crippen LogP contribution in [0.1, 0.15) is 51.1 Å². The number of halogens is 1. The van der Waals surface area contributed by atoms with Crippen molar-refractivity contribution >= 4 is 0 Å². The van der Waals surface area contributed by atoms with Crippen molar-refractivity contribution in [3.63, 3.8) is 0 Å². The number of hydrogen-bond acceptors (Lipinski definition) is 3. The number of rotatable bonds is 8. The van der Waals surface area contributed by atoms with Gasteiger partial charge in [-0.3, -0.25) is 4.98 Å². The van der Waals surface area contributed by atoms with Crippen molar-refractivity contribution in [3.05, 3.63) is 29.8 Å². The second kappa shape index (κ2) is 7.70. The van der Waals surface area contributed by atoms with Crippen LogP contribution in [-0.4, -0.2) is 24.2 Å². The van der Waals surface area contributed by atoms with E-state index in [1.54, 1.807) is 12.3 Å². The molecule has 20 heavy (non-hydrogen) atoms. The van der Waals surface area contributed by atoms with E-state index in [0.29, 0.717) is 12.0 Å². The highest BCUT2D eigenvalue weighted by Crippen LogP contribution is 2.37. The van der Waals surface area contributed by atoms with E-state index in [9.17, 15) is 4.39 Å². The molecule has 1 aliphatic carbocycles. The van der Waals surface area contributed by atoms with Gasteiger partial charge in [0, 0.05) is 24.4 Å². The van der Waals surface area contributed by atoms with E-state index in [4.69, 9.17) is 4.74 Å². The first kappa shape index (κ1) is 15.4. The van der Waals surface area contributed by atoms with Gasteiger partial charge in [-0.15, -0.1) is 0 Å². The molecule has 112 valence electrons. The zero-order valence-corrected chi connectivity index (χ0v) is 12.4. The van der Waals surface area contributed by atoms with Gasteiger partial charge in [-0.25, -0.2) is 4.39 Å². The van der Waals surface area contributed by atoms with Crippen LogP contribution in [0.4, 0.5) is 4.39 Å². The molecule has 0 spiro atoms. The molecule has 1 atom stereocenters. The molecule has 4 heteroatoms. The second-order valence-corrected chi connectivity index (χ2v) is 5.55. The molecule has 0 bridgehead atoms. The number of aromatic nitrogens is 1. The van der Waals surface area contributed by atoms with Crippen LogP contribution in [0.2, 0.25) is 0 Å². The quantitative estimate of drug-likeness (QED) is 0.791. The Morgan fingerprint density at radius 3 is 2.90 bits per heavy atom. The van der Waals surface area contributed by atoms with Crippen LogP contribution in [0.15, 0.2) is 18.5 Å². The molecule has 1 aromatic heterocycles. The van der Waals surface area contributed by atoms with Crippen LogP contribution >= 0.6 is 0 Å². The maximum atomic E-state index is 13.9. The Labute approximate surface area is 120 Å². The lowest BCUT2D eigenvalue weighted by atomic mass is 9.77. The normalized spacial score (nSPS) is 23.4. The average Bonchev–Trinajstić information content (AvgIpc) is 2.41. The van der Waals surface area contributed by atoms with Gasteiger partial charge >= 0.3 is 0 Å². The minimum Gasteiger partial charge on any atom is -0.378 e.